The van der Waals surface area contributed by atoms with E-state index in [1.165, 1.54) is 56.0 Å². The minimum Gasteiger partial charge on any atom is -0.364 e. The van der Waals surface area contributed by atoms with E-state index in [4.69, 9.17) is 46.4 Å². The van der Waals surface area contributed by atoms with Crippen molar-refractivity contribution in [3.8, 4) is 0 Å². The van der Waals surface area contributed by atoms with Gasteiger partial charge in [-0.2, -0.15) is 0 Å². The Morgan fingerprint density at radius 3 is 1.72 bits per heavy atom. The van der Waals surface area contributed by atoms with E-state index in [2.05, 4.69) is 107 Å². The molecule has 0 radical (unpaired) electrons. The van der Waals surface area contributed by atoms with Crippen molar-refractivity contribution in [3.63, 3.8) is 0 Å². The largest absolute Gasteiger partial charge is 0.364 e. The Balaban J connectivity index is 0.000000138. The lowest BCUT2D eigenvalue weighted by Gasteiger charge is -2.33. The van der Waals surface area contributed by atoms with Crippen LogP contribution in [0.3, 0.4) is 0 Å². The molecule has 4 fully saturated rings. The monoisotopic (exact) mass is 774 g/mol. The predicted octanol–water partition coefficient (Wildman–Crippen LogP) is 8.73. The summed E-state index contributed by atoms with van der Waals surface area (Å²) in [6.45, 7) is 9.09. The molecule has 4 aromatic rings. The summed E-state index contributed by atoms with van der Waals surface area (Å²) in [5.74, 6) is 1.57. The minimum atomic E-state index is 0.481. The lowest BCUT2D eigenvalue weighted by molar-refractivity contribution is 0.185. The third-order valence-corrected chi connectivity index (χ3v) is 11.6. The number of anilines is 1. The summed E-state index contributed by atoms with van der Waals surface area (Å²) in [4.78, 5) is 15.4. The molecule has 4 unspecified atom stereocenters. The fraction of sp³-hybridized carbons (Fsp3) is 0.389. The molecule has 8 rings (SSSR count). The van der Waals surface area contributed by atoms with Gasteiger partial charge in [0.25, 0.3) is 0 Å². The van der Waals surface area contributed by atoms with E-state index >= 15 is 0 Å². The van der Waals surface area contributed by atoms with Crippen LogP contribution in [0.4, 0.5) is 5.69 Å². The van der Waals surface area contributed by atoms with Gasteiger partial charge in [-0.1, -0.05) is 107 Å². The van der Waals surface area contributed by atoms with Crippen LogP contribution in [0, 0.1) is 11.8 Å². The second-order valence-electron chi connectivity index (χ2n) is 12.8. The zero-order valence-corrected chi connectivity index (χ0v) is 30.7. The molecular formula is C36H39BrCl4N6. The Kier molecular flexibility index (Phi) is 12.4. The summed E-state index contributed by atoms with van der Waals surface area (Å²) in [6, 6.07) is 22.7. The van der Waals surface area contributed by atoms with E-state index in [-0.39, 0.29) is 0 Å². The Morgan fingerprint density at radius 1 is 0.638 bits per heavy atom. The smallest absolute Gasteiger partial charge is 0.0838 e. The average molecular weight is 777 g/mol. The number of halogens is 5. The number of nitrogens with one attached hydrogen (secondary N) is 1. The van der Waals surface area contributed by atoms with E-state index < -0.39 is 0 Å². The number of benzene rings is 2. The van der Waals surface area contributed by atoms with Crippen molar-refractivity contribution in [2.24, 2.45) is 11.8 Å². The molecule has 0 saturated carbocycles. The first-order chi connectivity index (χ1) is 22.8. The number of hydrogen-bond acceptors (Lipinski definition) is 6. The highest BCUT2D eigenvalue weighted by atomic mass is 79.9. The van der Waals surface area contributed by atoms with Crippen molar-refractivity contribution < 1.29 is 0 Å². The van der Waals surface area contributed by atoms with Crippen molar-refractivity contribution >= 4 is 68.0 Å². The third-order valence-electron chi connectivity index (χ3n) is 9.20. The third kappa shape index (κ3) is 9.40. The summed E-state index contributed by atoms with van der Waals surface area (Å²) in [5, 5.41) is 5.96. The van der Waals surface area contributed by atoms with E-state index in [0.717, 1.165) is 50.4 Å². The molecule has 248 valence electrons. The van der Waals surface area contributed by atoms with Gasteiger partial charge < -0.3 is 10.2 Å². The zero-order valence-electron chi connectivity index (χ0n) is 26.1. The van der Waals surface area contributed by atoms with E-state index in [1.807, 2.05) is 0 Å². The molecule has 1 N–H and O–H groups in total. The molecule has 4 aliphatic heterocycles. The highest BCUT2D eigenvalue weighted by molar-refractivity contribution is 9.10. The molecule has 0 aliphatic carbocycles. The normalized spacial score (nSPS) is 23.5. The predicted molar refractivity (Wildman–Crippen MR) is 199 cm³/mol. The maximum atomic E-state index is 6.36. The highest BCUT2D eigenvalue weighted by Crippen LogP contribution is 2.41. The summed E-state index contributed by atoms with van der Waals surface area (Å²) in [7, 11) is 0. The highest BCUT2D eigenvalue weighted by Gasteiger charge is 2.40. The van der Waals surface area contributed by atoms with Gasteiger partial charge in [-0.3, -0.25) is 19.8 Å². The summed E-state index contributed by atoms with van der Waals surface area (Å²) in [5.41, 5.74) is 3.77. The zero-order chi connectivity index (χ0) is 32.8. The Bertz CT molecular complexity index is 1550. The maximum Gasteiger partial charge on any atom is 0.0838 e. The van der Waals surface area contributed by atoms with Crippen LogP contribution in [0.2, 0.25) is 20.1 Å². The number of hydrogen-bond donors (Lipinski definition) is 1. The molecule has 4 bridgehead atoms. The van der Waals surface area contributed by atoms with Crippen molar-refractivity contribution in [3.05, 3.63) is 121 Å². The maximum absolute atomic E-state index is 6.36. The van der Waals surface area contributed by atoms with Gasteiger partial charge in [0.2, 0.25) is 0 Å². The SMILES string of the molecule is Clc1cncc(Cl)c1Br.Clc1cncc(Cl)c1N1CC2CC1CN(Cc1ccccc1)C2.c1ccc(CN2CC3CNC(C3)C2)cc1. The molecule has 2 aromatic carbocycles. The molecule has 6 heterocycles. The van der Waals surface area contributed by atoms with Gasteiger partial charge in [0.15, 0.2) is 0 Å². The molecule has 4 atom stereocenters. The molecule has 0 amide bonds. The summed E-state index contributed by atoms with van der Waals surface area (Å²) >= 11 is 27.1. The number of fused-ring (bicyclic) bond motifs is 4. The lowest BCUT2D eigenvalue weighted by Crippen LogP contribution is -2.42. The van der Waals surface area contributed by atoms with Crippen LogP contribution in [-0.2, 0) is 13.1 Å². The van der Waals surface area contributed by atoms with Crippen LogP contribution in [0.15, 0.2) is 89.9 Å². The van der Waals surface area contributed by atoms with Crippen molar-refractivity contribution in [2.45, 2.75) is 38.0 Å². The molecular weight excluding hydrogens is 738 g/mol. The topological polar surface area (TPSA) is 47.5 Å². The molecule has 0 spiro atoms. The van der Waals surface area contributed by atoms with Gasteiger partial charge >= 0.3 is 0 Å². The van der Waals surface area contributed by atoms with Gasteiger partial charge in [0.05, 0.1) is 30.3 Å². The summed E-state index contributed by atoms with van der Waals surface area (Å²) < 4.78 is 0.695. The van der Waals surface area contributed by atoms with Gasteiger partial charge in [0, 0.05) is 82.7 Å². The van der Waals surface area contributed by atoms with Crippen LogP contribution < -0.4 is 10.2 Å². The lowest BCUT2D eigenvalue weighted by atomic mass is 9.99. The Hall–Kier alpha value is -1.94. The number of rotatable bonds is 5. The number of pyridine rings is 2. The second-order valence-corrected chi connectivity index (χ2v) is 15.3. The van der Waals surface area contributed by atoms with E-state index in [0.29, 0.717) is 36.5 Å². The first kappa shape index (κ1) is 34.9. The second kappa shape index (κ2) is 16.6. The number of nitrogens with zero attached hydrogens (tertiary/aromatic N) is 5. The molecule has 47 heavy (non-hydrogen) atoms. The van der Waals surface area contributed by atoms with Crippen molar-refractivity contribution in [2.75, 3.05) is 44.2 Å². The standard InChI is InChI=1S/C18H19Cl2N3.C13H18N2.C5H2BrCl2N/c19-16-7-21-8-17(20)18(16)23-11-14-6-15(23)12-22(10-14)9-13-4-2-1-3-5-13;1-2-4-11(5-3-1)8-15-9-12-6-13(10-15)14-7-12;6-5-3(7)1-9-2-4(5)8/h1-5,7-8,14-15H,6,9-12H2;1-5,12-14H,6-10H2;1-2H. The minimum absolute atomic E-state index is 0.481. The number of piperidine rings is 2. The first-order valence-electron chi connectivity index (χ1n) is 16.1. The van der Waals surface area contributed by atoms with Gasteiger partial charge in [0.1, 0.15) is 0 Å². The summed E-state index contributed by atoms with van der Waals surface area (Å²) in [6.07, 6.45) is 9.04. The average Bonchev–Trinajstić information content (AvgIpc) is 3.57. The fourth-order valence-electron chi connectivity index (χ4n) is 7.28. The van der Waals surface area contributed by atoms with Crippen LogP contribution in [0.5, 0.6) is 0 Å². The Labute approximate surface area is 306 Å². The quantitative estimate of drug-likeness (QED) is 0.219. The van der Waals surface area contributed by atoms with E-state index in [9.17, 15) is 0 Å². The van der Waals surface area contributed by atoms with Crippen LogP contribution >= 0.6 is 62.3 Å². The van der Waals surface area contributed by atoms with Gasteiger partial charge in [-0.05, 0) is 58.3 Å². The van der Waals surface area contributed by atoms with Crippen LogP contribution in [0.1, 0.15) is 24.0 Å². The first-order valence-corrected chi connectivity index (χ1v) is 18.4. The molecule has 2 aromatic heterocycles. The fourth-order valence-corrected chi connectivity index (χ4v) is 8.43. The Morgan fingerprint density at radius 2 is 1.17 bits per heavy atom. The van der Waals surface area contributed by atoms with Gasteiger partial charge in [-0.15, -0.1) is 0 Å². The van der Waals surface area contributed by atoms with Gasteiger partial charge in [-0.25, -0.2) is 0 Å². The number of likely N-dealkylation sites (tertiary alicyclic amines) is 2. The van der Waals surface area contributed by atoms with Crippen molar-refractivity contribution in [1.82, 2.24) is 25.1 Å². The molecule has 11 heteroatoms. The molecule has 4 aliphatic rings. The molecule has 4 saturated heterocycles. The van der Waals surface area contributed by atoms with Crippen LogP contribution in [0.25, 0.3) is 0 Å². The van der Waals surface area contributed by atoms with E-state index in [1.54, 1.807) is 12.4 Å². The van der Waals surface area contributed by atoms with Crippen LogP contribution in [-0.4, -0.2) is 71.1 Å². The van der Waals surface area contributed by atoms with Crippen molar-refractivity contribution in [1.29, 1.82) is 0 Å². The number of aromatic nitrogens is 2. The molecule has 6 nitrogen and oxygen atoms in total.